The summed E-state index contributed by atoms with van der Waals surface area (Å²) in [5.41, 5.74) is -4.96. The number of halogens is 1. The van der Waals surface area contributed by atoms with Gasteiger partial charge in [0.15, 0.2) is 17.1 Å². The molecule has 1 saturated carbocycles. The van der Waals surface area contributed by atoms with Crippen LogP contribution in [0.1, 0.15) is 64.5 Å². The van der Waals surface area contributed by atoms with Gasteiger partial charge in [0.25, 0.3) is 0 Å². The molecule has 1 aromatic carbocycles. The minimum atomic E-state index is -2.51. The summed E-state index contributed by atoms with van der Waals surface area (Å²) in [5.74, 6) is -5.55. The predicted octanol–water partition coefficient (Wildman–Crippen LogP) is 3.14. The van der Waals surface area contributed by atoms with Gasteiger partial charge in [-0.15, -0.1) is 0 Å². The third-order valence-corrected chi connectivity index (χ3v) is 8.82. The number of carbonyl (C=O) groups is 3. The molecule has 1 aromatic rings. The predicted molar refractivity (Wildman–Crippen MR) is 151 cm³/mol. The van der Waals surface area contributed by atoms with Gasteiger partial charge in [-0.3, -0.25) is 19.3 Å². The highest BCUT2D eigenvalue weighted by Crippen LogP contribution is 2.58. The second-order valence-electron chi connectivity index (χ2n) is 11.5. The standard InChI is InChI=1S/C30H40FN3O7/c1-5-8-32-15-29-12-17-10-18-19(31)11-20(33-22(36)14-34(7-3)9-6-2)25(37)24(18)26(38)23(17)28(40)30(29,41)27(39)16(4)21(35)13-29/h11,17,32,37-39,41H,5-10,12-15H2,1-4H3,(H,33,36)/t17?,29-,30+/m0/s1. The van der Waals surface area contributed by atoms with Gasteiger partial charge in [0.2, 0.25) is 11.7 Å². The smallest absolute Gasteiger partial charge is 0.238 e. The molecule has 6 N–H and O–H groups in total. The average molecular weight is 574 g/mol. The van der Waals surface area contributed by atoms with Crippen LogP contribution in [0.2, 0.25) is 0 Å². The number of phenols is 1. The fraction of sp³-hybridized carbons (Fsp3) is 0.567. The van der Waals surface area contributed by atoms with Gasteiger partial charge in [0.05, 0.1) is 17.8 Å². The van der Waals surface area contributed by atoms with Crippen LogP contribution >= 0.6 is 0 Å². The molecule has 0 bridgehead atoms. The van der Waals surface area contributed by atoms with Crippen molar-refractivity contribution in [3.8, 4) is 5.75 Å². The second-order valence-corrected chi connectivity index (χ2v) is 11.5. The summed E-state index contributed by atoms with van der Waals surface area (Å²) >= 11 is 0. The number of ketones is 2. The molecule has 4 rings (SSSR count). The Morgan fingerprint density at radius 2 is 1.88 bits per heavy atom. The van der Waals surface area contributed by atoms with Crippen LogP contribution in [-0.2, 0) is 20.8 Å². The van der Waals surface area contributed by atoms with E-state index in [0.717, 1.165) is 18.9 Å². The molecular weight excluding hydrogens is 533 g/mol. The van der Waals surface area contributed by atoms with E-state index in [1.807, 2.05) is 25.7 Å². The van der Waals surface area contributed by atoms with Crippen molar-refractivity contribution in [3.63, 3.8) is 0 Å². The van der Waals surface area contributed by atoms with Crippen molar-refractivity contribution in [1.82, 2.24) is 10.2 Å². The molecule has 1 unspecified atom stereocenters. The maximum Gasteiger partial charge on any atom is 0.238 e. The summed E-state index contributed by atoms with van der Waals surface area (Å²) in [6.07, 6.45) is 1.26. The first-order valence-corrected chi connectivity index (χ1v) is 14.3. The van der Waals surface area contributed by atoms with Crippen molar-refractivity contribution in [2.45, 2.75) is 65.4 Å². The number of fused-ring (bicyclic) bond motifs is 3. The fourth-order valence-electron chi connectivity index (χ4n) is 6.66. The minimum Gasteiger partial charge on any atom is -0.508 e. The van der Waals surface area contributed by atoms with Gasteiger partial charge in [0.1, 0.15) is 17.3 Å². The lowest BCUT2D eigenvalue weighted by Crippen LogP contribution is -2.67. The van der Waals surface area contributed by atoms with Crippen LogP contribution in [0.4, 0.5) is 10.1 Å². The number of carbonyl (C=O) groups excluding carboxylic acids is 3. The van der Waals surface area contributed by atoms with Crippen molar-refractivity contribution < 1.29 is 39.2 Å². The largest absolute Gasteiger partial charge is 0.508 e. The van der Waals surface area contributed by atoms with Crippen LogP contribution in [0, 0.1) is 17.2 Å². The number of Topliss-reactive ketones (excluding diaryl/α,β-unsaturated/α-hetero) is 2. The molecule has 0 aromatic heterocycles. The van der Waals surface area contributed by atoms with Crippen LogP contribution < -0.4 is 10.6 Å². The van der Waals surface area contributed by atoms with E-state index in [1.165, 1.54) is 6.92 Å². The highest BCUT2D eigenvalue weighted by atomic mass is 19.1. The molecule has 0 saturated heterocycles. The lowest BCUT2D eigenvalue weighted by atomic mass is 9.51. The van der Waals surface area contributed by atoms with Gasteiger partial charge in [-0.25, -0.2) is 4.39 Å². The van der Waals surface area contributed by atoms with Gasteiger partial charge in [-0.2, -0.15) is 0 Å². The van der Waals surface area contributed by atoms with Crippen LogP contribution in [0.15, 0.2) is 23.0 Å². The van der Waals surface area contributed by atoms with E-state index in [9.17, 15) is 34.8 Å². The third kappa shape index (κ3) is 4.93. The Bertz CT molecular complexity index is 1340. The molecule has 3 aliphatic carbocycles. The van der Waals surface area contributed by atoms with E-state index in [1.54, 1.807) is 0 Å². The quantitative estimate of drug-likeness (QED) is 0.183. The first-order chi connectivity index (χ1) is 19.4. The van der Waals surface area contributed by atoms with Gasteiger partial charge >= 0.3 is 0 Å². The Morgan fingerprint density at radius 3 is 2.51 bits per heavy atom. The fourth-order valence-corrected chi connectivity index (χ4v) is 6.66. The number of nitrogens with zero attached hydrogens (tertiary/aromatic N) is 1. The van der Waals surface area contributed by atoms with E-state index in [2.05, 4.69) is 10.6 Å². The van der Waals surface area contributed by atoms with Crippen molar-refractivity contribution in [1.29, 1.82) is 0 Å². The zero-order valence-electron chi connectivity index (χ0n) is 24.1. The number of anilines is 1. The summed E-state index contributed by atoms with van der Waals surface area (Å²) < 4.78 is 15.5. The van der Waals surface area contributed by atoms with Crippen LogP contribution in [0.25, 0.3) is 5.76 Å². The summed E-state index contributed by atoms with van der Waals surface area (Å²) in [5, 5.41) is 51.1. The maximum absolute atomic E-state index is 15.5. The highest BCUT2D eigenvalue weighted by Gasteiger charge is 2.67. The van der Waals surface area contributed by atoms with E-state index in [-0.39, 0.29) is 60.3 Å². The highest BCUT2D eigenvalue weighted by molar-refractivity contribution is 6.14. The lowest BCUT2D eigenvalue weighted by Gasteiger charge is -2.54. The molecule has 0 aliphatic heterocycles. The topological polar surface area (TPSA) is 159 Å². The molecule has 41 heavy (non-hydrogen) atoms. The Hall–Kier alpha value is -3.28. The zero-order chi connectivity index (χ0) is 30.3. The molecule has 224 valence electrons. The van der Waals surface area contributed by atoms with Crippen molar-refractivity contribution >= 4 is 28.9 Å². The molecule has 0 heterocycles. The summed E-state index contributed by atoms with van der Waals surface area (Å²) in [4.78, 5) is 41.5. The van der Waals surface area contributed by atoms with E-state index < -0.39 is 57.5 Å². The summed E-state index contributed by atoms with van der Waals surface area (Å²) in [6, 6.07) is 0.988. The first kappa shape index (κ1) is 30.7. The Morgan fingerprint density at radius 1 is 1.17 bits per heavy atom. The Labute approximate surface area is 238 Å². The van der Waals surface area contributed by atoms with Crippen LogP contribution in [0.3, 0.4) is 0 Å². The number of hydrogen-bond donors (Lipinski definition) is 6. The minimum absolute atomic E-state index is 0.00314. The number of allylic oxidation sites excluding steroid dienone is 1. The van der Waals surface area contributed by atoms with Gasteiger partial charge < -0.3 is 31.1 Å². The molecule has 11 heteroatoms. The maximum atomic E-state index is 15.5. The number of benzene rings is 1. The molecule has 0 spiro atoms. The normalized spacial score (nSPS) is 25.8. The number of aromatic hydroxyl groups is 1. The van der Waals surface area contributed by atoms with Crippen molar-refractivity contribution in [2.24, 2.45) is 11.3 Å². The number of amides is 1. The van der Waals surface area contributed by atoms with Gasteiger partial charge in [-0.1, -0.05) is 20.8 Å². The monoisotopic (exact) mass is 573 g/mol. The van der Waals surface area contributed by atoms with E-state index in [4.69, 9.17) is 0 Å². The number of hydrogen-bond acceptors (Lipinski definition) is 9. The second kappa shape index (κ2) is 11.5. The molecule has 3 atom stereocenters. The first-order valence-electron chi connectivity index (χ1n) is 14.3. The Kier molecular flexibility index (Phi) is 8.63. The number of rotatable bonds is 10. The number of phenolic OH excluding ortho intramolecular Hbond substituents is 1. The van der Waals surface area contributed by atoms with Crippen molar-refractivity contribution in [2.75, 3.05) is 38.0 Å². The van der Waals surface area contributed by atoms with E-state index in [0.29, 0.717) is 19.6 Å². The summed E-state index contributed by atoms with van der Waals surface area (Å²) in [6.45, 7) is 9.03. The van der Waals surface area contributed by atoms with Gasteiger partial charge in [-0.05, 0) is 58.2 Å². The van der Waals surface area contributed by atoms with E-state index >= 15 is 4.39 Å². The molecule has 10 nitrogen and oxygen atoms in total. The van der Waals surface area contributed by atoms with Crippen LogP contribution in [-0.4, -0.2) is 81.1 Å². The number of aliphatic hydroxyl groups excluding tert-OH is 2. The molecule has 1 fully saturated rings. The zero-order valence-corrected chi connectivity index (χ0v) is 24.1. The van der Waals surface area contributed by atoms with Gasteiger partial charge in [0, 0.05) is 41.2 Å². The average Bonchev–Trinajstić information content (AvgIpc) is 2.92. The van der Waals surface area contributed by atoms with Crippen LogP contribution in [0.5, 0.6) is 5.75 Å². The molecule has 3 aliphatic rings. The lowest BCUT2D eigenvalue weighted by molar-refractivity contribution is -0.163. The number of likely N-dealkylation sites (N-methyl/N-ethyl adjacent to an activating group) is 1. The molecule has 0 radical (unpaired) electrons. The number of aliphatic hydroxyl groups is 3. The van der Waals surface area contributed by atoms with Crippen molar-refractivity contribution in [3.05, 3.63) is 39.9 Å². The molecule has 1 amide bonds. The Balaban J connectivity index is 1.79. The third-order valence-electron chi connectivity index (χ3n) is 8.82. The summed E-state index contributed by atoms with van der Waals surface area (Å²) in [7, 11) is 0. The SMILES string of the molecule is CCCNC[C@]12CC(=O)C(C)=C(O)[C@@]1(O)C(=O)C1=C(O)c3c(O)c(NC(=O)CN(CC)CCC)cc(F)c3CC1C2. The molecular formula is C30H40FN3O7. The number of nitrogens with one attached hydrogen (secondary N) is 2.